The lowest BCUT2D eigenvalue weighted by molar-refractivity contribution is -0.145. The van der Waals surface area contributed by atoms with Crippen LogP contribution in [0.15, 0.2) is 42.5 Å². The summed E-state index contributed by atoms with van der Waals surface area (Å²) in [6.45, 7) is 4.24. The standard InChI is InChI=1S/C28H28F6N2O4/c1-16-18(11-13-40-22-8-5-20(6-9-22)27(29,30)31)10-12-26(3,39)24(16)25(38)36(17(2)37)21-7-4-19(15-35)23(14-21)28(32,33)34/h4-9,14,16,18,24,39H,10-13H2,1-3H3/t16-,18?,24?,26?/m0/s1. The van der Waals surface area contributed by atoms with Gasteiger partial charge in [0.25, 0.3) is 0 Å². The zero-order chi connectivity index (χ0) is 30.0. The number of rotatable bonds is 6. The van der Waals surface area contributed by atoms with E-state index in [-0.39, 0.29) is 30.4 Å². The fourth-order valence-electron chi connectivity index (χ4n) is 5.31. The molecule has 2 aromatic rings. The number of alkyl halides is 6. The lowest BCUT2D eigenvalue weighted by Crippen LogP contribution is -2.55. The van der Waals surface area contributed by atoms with Gasteiger partial charge in [-0.05, 0) is 80.5 Å². The Bertz CT molecular complexity index is 1280. The number of hydrogen-bond donors (Lipinski definition) is 1. The number of carbonyl (C=O) groups excluding carboxylic acids is 2. The predicted octanol–water partition coefficient (Wildman–Crippen LogP) is 6.36. The molecule has 1 fully saturated rings. The minimum Gasteiger partial charge on any atom is -0.494 e. The Morgan fingerprint density at radius 2 is 1.73 bits per heavy atom. The third-order valence-electron chi connectivity index (χ3n) is 7.39. The van der Waals surface area contributed by atoms with Crippen LogP contribution in [-0.2, 0) is 21.9 Å². The second kappa shape index (κ2) is 11.5. The Morgan fingerprint density at radius 1 is 1.10 bits per heavy atom. The Labute approximate surface area is 227 Å². The van der Waals surface area contributed by atoms with Crippen molar-refractivity contribution in [1.29, 1.82) is 5.26 Å². The maximum absolute atomic E-state index is 13.7. The topological polar surface area (TPSA) is 90.6 Å². The second-order valence-electron chi connectivity index (χ2n) is 10.2. The summed E-state index contributed by atoms with van der Waals surface area (Å²) >= 11 is 0. The summed E-state index contributed by atoms with van der Waals surface area (Å²) in [4.78, 5) is 26.8. The summed E-state index contributed by atoms with van der Waals surface area (Å²) in [7, 11) is 0. The lowest BCUT2D eigenvalue weighted by atomic mass is 9.64. The normalized spacial score (nSPS) is 23.3. The summed E-state index contributed by atoms with van der Waals surface area (Å²) in [5, 5.41) is 20.2. The fraction of sp³-hybridized carbons (Fsp3) is 0.464. The summed E-state index contributed by atoms with van der Waals surface area (Å²) < 4.78 is 84.5. The van der Waals surface area contributed by atoms with Crippen LogP contribution in [0.4, 0.5) is 32.0 Å². The minimum absolute atomic E-state index is 0.102. The van der Waals surface area contributed by atoms with Gasteiger partial charge in [0, 0.05) is 6.92 Å². The van der Waals surface area contributed by atoms with Crippen LogP contribution >= 0.6 is 0 Å². The molecule has 0 aliphatic heterocycles. The molecule has 0 saturated heterocycles. The Morgan fingerprint density at radius 3 is 2.25 bits per heavy atom. The van der Waals surface area contributed by atoms with Gasteiger partial charge in [-0.3, -0.25) is 14.5 Å². The van der Waals surface area contributed by atoms with Gasteiger partial charge in [-0.25, -0.2) is 0 Å². The summed E-state index contributed by atoms with van der Waals surface area (Å²) in [5.41, 5.74) is -4.73. The average Bonchev–Trinajstić information content (AvgIpc) is 2.84. The molecule has 2 aromatic carbocycles. The minimum atomic E-state index is -4.91. The van der Waals surface area contributed by atoms with Gasteiger partial charge in [-0.1, -0.05) is 6.92 Å². The molecular formula is C28H28F6N2O4. The van der Waals surface area contributed by atoms with E-state index in [1.165, 1.54) is 25.1 Å². The van der Waals surface area contributed by atoms with E-state index in [1.807, 2.05) is 0 Å². The van der Waals surface area contributed by atoms with Crippen LogP contribution in [0.1, 0.15) is 56.7 Å². The van der Waals surface area contributed by atoms with Gasteiger partial charge >= 0.3 is 12.4 Å². The number of anilines is 1. The first kappa shape index (κ1) is 30.9. The van der Waals surface area contributed by atoms with Crippen molar-refractivity contribution < 1.29 is 45.8 Å². The summed E-state index contributed by atoms with van der Waals surface area (Å²) in [6, 6.07) is 8.15. The zero-order valence-electron chi connectivity index (χ0n) is 21.9. The molecule has 12 heteroatoms. The van der Waals surface area contributed by atoms with Crippen molar-refractivity contribution in [2.45, 2.75) is 58.0 Å². The van der Waals surface area contributed by atoms with E-state index in [2.05, 4.69) is 0 Å². The molecule has 40 heavy (non-hydrogen) atoms. The Balaban J connectivity index is 1.81. The first-order valence-electron chi connectivity index (χ1n) is 12.5. The van der Waals surface area contributed by atoms with Crippen molar-refractivity contribution >= 4 is 17.5 Å². The number of imide groups is 1. The highest BCUT2D eigenvalue weighted by Crippen LogP contribution is 2.44. The monoisotopic (exact) mass is 570 g/mol. The molecule has 0 aromatic heterocycles. The van der Waals surface area contributed by atoms with E-state index in [0.717, 1.165) is 31.2 Å². The van der Waals surface area contributed by atoms with Gasteiger partial charge in [0.15, 0.2) is 0 Å². The second-order valence-corrected chi connectivity index (χ2v) is 10.2. The molecule has 1 N–H and O–H groups in total. The smallest absolute Gasteiger partial charge is 0.417 e. The van der Waals surface area contributed by atoms with Crippen molar-refractivity contribution in [1.82, 2.24) is 0 Å². The van der Waals surface area contributed by atoms with Gasteiger partial charge in [-0.15, -0.1) is 0 Å². The highest BCUT2D eigenvalue weighted by Gasteiger charge is 2.49. The number of hydrogen-bond acceptors (Lipinski definition) is 5. The average molecular weight is 571 g/mol. The SMILES string of the molecule is CC(=O)N(C(=O)C1[C@@H](C)C(CCOc2ccc(C(F)(F)F)cc2)CCC1(C)O)c1ccc(C#N)c(C(F)(F)F)c1. The predicted molar refractivity (Wildman–Crippen MR) is 132 cm³/mol. The van der Waals surface area contributed by atoms with Gasteiger partial charge < -0.3 is 9.84 Å². The molecule has 2 amide bonds. The molecule has 1 aliphatic carbocycles. The zero-order valence-corrected chi connectivity index (χ0v) is 21.9. The Hall–Kier alpha value is -3.59. The van der Waals surface area contributed by atoms with Crippen LogP contribution in [0.2, 0.25) is 0 Å². The molecule has 1 saturated carbocycles. The van der Waals surface area contributed by atoms with E-state index < -0.39 is 58.3 Å². The van der Waals surface area contributed by atoms with Gasteiger partial charge in [0.2, 0.25) is 11.8 Å². The number of ether oxygens (including phenoxy) is 1. The van der Waals surface area contributed by atoms with Crippen molar-refractivity contribution in [3.05, 3.63) is 59.2 Å². The number of halogens is 6. The number of nitriles is 1. The third kappa shape index (κ3) is 6.75. The molecule has 216 valence electrons. The van der Waals surface area contributed by atoms with Crippen LogP contribution < -0.4 is 9.64 Å². The molecular weight excluding hydrogens is 542 g/mol. The van der Waals surface area contributed by atoms with Gasteiger partial charge in [-0.2, -0.15) is 31.6 Å². The van der Waals surface area contributed by atoms with Crippen LogP contribution in [-0.4, -0.2) is 29.1 Å². The van der Waals surface area contributed by atoms with Crippen LogP contribution in [0, 0.1) is 29.1 Å². The molecule has 3 rings (SSSR count). The van der Waals surface area contributed by atoms with E-state index in [4.69, 9.17) is 10.00 Å². The number of carbonyl (C=O) groups is 2. The third-order valence-corrected chi connectivity index (χ3v) is 7.39. The van der Waals surface area contributed by atoms with Crippen LogP contribution in [0.3, 0.4) is 0 Å². The first-order valence-corrected chi connectivity index (χ1v) is 12.5. The van der Waals surface area contributed by atoms with Crippen LogP contribution in [0.25, 0.3) is 0 Å². The largest absolute Gasteiger partial charge is 0.494 e. The molecule has 0 spiro atoms. The number of nitrogens with zero attached hydrogens (tertiary/aromatic N) is 2. The van der Waals surface area contributed by atoms with Crippen molar-refractivity contribution in [2.24, 2.45) is 17.8 Å². The summed E-state index contributed by atoms with van der Waals surface area (Å²) in [5.74, 6) is -3.42. The highest BCUT2D eigenvalue weighted by atomic mass is 19.4. The fourth-order valence-corrected chi connectivity index (χ4v) is 5.31. The van der Waals surface area contributed by atoms with Crippen molar-refractivity contribution in [2.75, 3.05) is 11.5 Å². The number of aliphatic hydroxyl groups is 1. The van der Waals surface area contributed by atoms with Crippen molar-refractivity contribution in [3.8, 4) is 11.8 Å². The maximum atomic E-state index is 13.7. The van der Waals surface area contributed by atoms with E-state index in [9.17, 15) is 41.0 Å². The highest BCUT2D eigenvalue weighted by molar-refractivity contribution is 6.15. The molecule has 0 radical (unpaired) electrons. The van der Waals surface area contributed by atoms with E-state index >= 15 is 0 Å². The number of benzene rings is 2. The number of amides is 2. The molecule has 1 aliphatic rings. The van der Waals surface area contributed by atoms with Crippen LogP contribution in [0.5, 0.6) is 5.75 Å². The first-order chi connectivity index (χ1) is 18.5. The molecule has 0 bridgehead atoms. The van der Waals surface area contributed by atoms with Crippen molar-refractivity contribution in [3.63, 3.8) is 0 Å². The van der Waals surface area contributed by atoms with Gasteiger partial charge in [0.1, 0.15) is 5.75 Å². The molecule has 4 atom stereocenters. The lowest BCUT2D eigenvalue weighted by Gasteiger charge is -2.46. The molecule has 3 unspecified atom stereocenters. The van der Waals surface area contributed by atoms with E-state index in [0.29, 0.717) is 23.8 Å². The molecule has 6 nitrogen and oxygen atoms in total. The summed E-state index contributed by atoms with van der Waals surface area (Å²) in [6.07, 6.45) is -8.38. The Kier molecular flexibility index (Phi) is 8.89. The quantitative estimate of drug-likeness (QED) is 0.409. The maximum Gasteiger partial charge on any atom is 0.417 e. The van der Waals surface area contributed by atoms with Gasteiger partial charge in [0.05, 0.1) is 46.6 Å². The molecule has 0 heterocycles. The van der Waals surface area contributed by atoms with E-state index in [1.54, 1.807) is 6.92 Å².